The smallest absolute Gasteiger partial charge is 0.162 e. The van der Waals surface area contributed by atoms with E-state index in [1.165, 1.54) is 0 Å². The van der Waals surface area contributed by atoms with Gasteiger partial charge in [0.1, 0.15) is 5.82 Å². The zero-order valence-electron chi connectivity index (χ0n) is 23.6. The number of anilines is 1. The molecular formula is C33H29Cl4N3OS. The maximum atomic E-state index is 14.0. The Kier molecular flexibility index (Phi) is 8.69. The number of benzene rings is 3. The number of aryl methyl sites for hydroxylation is 1. The van der Waals surface area contributed by atoms with Gasteiger partial charge in [0.2, 0.25) is 0 Å². The molecular weight excluding hydrogens is 628 g/mol. The Morgan fingerprint density at radius 1 is 1.00 bits per heavy atom. The first-order valence-corrected chi connectivity index (χ1v) is 15.9. The molecule has 0 saturated carbocycles. The van der Waals surface area contributed by atoms with Crippen molar-refractivity contribution < 1.29 is 4.79 Å². The molecule has 0 radical (unpaired) electrons. The molecule has 4 nitrogen and oxygen atoms in total. The highest BCUT2D eigenvalue weighted by atomic mass is 35.5. The maximum Gasteiger partial charge on any atom is 0.162 e. The molecule has 0 amide bonds. The number of nitrogens with two attached hydrogens (primary N) is 1. The topological polar surface area (TPSA) is 70.1 Å². The van der Waals surface area contributed by atoms with Crippen LogP contribution in [-0.4, -0.2) is 5.78 Å². The summed E-state index contributed by atoms with van der Waals surface area (Å²) in [4.78, 5) is 16.7. The number of halogens is 4. The number of nitriles is 1. The van der Waals surface area contributed by atoms with E-state index in [1.807, 2.05) is 19.9 Å². The number of hydrogen-bond acceptors (Lipinski definition) is 5. The van der Waals surface area contributed by atoms with Crippen LogP contribution >= 0.6 is 58.2 Å². The van der Waals surface area contributed by atoms with Crippen LogP contribution in [0.4, 0.5) is 5.69 Å². The van der Waals surface area contributed by atoms with Gasteiger partial charge in [-0.15, -0.1) is 11.8 Å². The van der Waals surface area contributed by atoms with E-state index in [-0.39, 0.29) is 17.0 Å². The number of thioether (sulfide) groups is 1. The lowest BCUT2D eigenvalue weighted by molar-refractivity contribution is -0.118. The van der Waals surface area contributed by atoms with E-state index in [4.69, 9.17) is 52.1 Å². The standard InChI is InChI=1S/C33H29Cl4N3OS/c1-17-7-19(16-42-29-12-20(34)5-6-26(29)37)18(2)24(8-17)30-25(15-38)32(39)40(23-10-21(35)9-22(36)11-23)27-13-33(3,4)14-28(41)31(27)30/h5-12,30H,13-14,16,39H2,1-4H3. The van der Waals surface area contributed by atoms with Gasteiger partial charge in [-0.3, -0.25) is 9.69 Å². The Hall–Kier alpha value is -2.59. The summed E-state index contributed by atoms with van der Waals surface area (Å²) < 4.78 is 0. The first-order chi connectivity index (χ1) is 19.8. The molecule has 1 atom stereocenters. The molecule has 0 bridgehead atoms. The van der Waals surface area contributed by atoms with Crippen molar-refractivity contribution in [1.82, 2.24) is 0 Å². The molecule has 5 rings (SSSR count). The SMILES string of the molecule is Cc1cc(CSc2cc(Cl)ccc2Cl)c(C)c(C2C(C#N)=C(N)N(c3cc(Cl)cc(Cl)c3)C3=C2C(=O)CC(C)(C)C3)c1. The highest BCUT2D eigenvalue weighted by Crippen LogP contribution is 2.51. The Balaban J connectivity index is 1.68. The second-order valence-electron chi connectivity index (χ2n) is 11.6. The zero-order chi connectivity index (χ0) is 30.5. The summed E-state index contributed by atoms with van der Waals surface area (Å²) in [6.45, 7) is 8.20. The molecule has 0 aromatic heterocycles. The van der Waals surface area contributed by atoms with Crippen molar-refractivity contribution in [1.29, 1.82) is 5.26 Å². The first kappa shape index (κ1) is 30.9. The summed E-state index contributed by atoms with van der Waals surface area (Å²) in [5.41, 5.74) is 12.9. The van der Waals surface area contributed by atoms with Gasteiger partial charge in [0.05, 0.1) is 28.3 Å². The van der Waals surface area contributed by atoms with E-state index in [0.29, 0.717) is 55.5 Å². The molecule has 3 aromatic rings. The average molecular weight is 657 g/mol. The number of hydrogen-bond donors (Lipinski definition) is 1. The number of rotatable bonds is 5. The van der Waals surface area contributed by atoms with Gasteiger partial charge in [-0.2, -0.15) is 5.26 Å². The van der Waals surface area contributed by atoms with Crippen LogP contribution in [0.15, 0.2) is 76.1 Å². The lowest BCUT2D eigenvalue weighted by Gasteiger charge is -2.44. The summed E-state index contributed by atoms with van der Waals surface area (Å²) in [5.74, 6) is 0.312. The Morgan fingerprint density at radius 2 is 1.69 bits per heavy atom. The Bertz CT molecular complexity index is 1720. The summed E-state index contributed by atoms with van der Waals surface area (Å²) in [5, 5.41) is 12.7. The van der Waals surface area contributed by atoms with Gasteiger partial charge >= 0.3 is 0 Å². The lowest BCUT2D eigenvalue weighted by Crippen LogP contribution is -2.42. The van der Waals surface area contributed by atoms with E-state index in [1.54, 1.807) is 47.0 Å². The van der Waals surface area contributed by atoms with E-state index in [0.717, 1.165) is 32.8 Å². The molecule has 2 aliphatic rings. The van der Waals surface area contributed by atoms with Crippen LogP contribution in [0, 0.1) is 30.6 Å². The Labute approximate surface area is 271 Å². The van der Waals surface area contributed by atoms with Gasteiger partial charge in [-0.05, 0) is 78.8 Å². The van der Waals surface area contributed by atoms with Crippen molar-refractivity contribution in [3.05, 3.63) is 114 Å². The molecule has 0 spiro atoms. The largest absolute Gasteiger partial charge is 0.384 e. The number of carbonyl (C=O) groups is 1. The van der Waals surface area contributed by atoms with Crippen molar-refractivity contribution in [2.75, 3.05) is 4.90 Å². The van der Waals surface area contributed by atoms with E-state index >= 15 is 0 Å². The fourth-order valence-electron chi connectivity index (χ4n) is 5.94. The summed E-state index contributed by atoms with van der Waals surface area (Å²) in [6, 6.07) is 17.1. The van der Waals surface area contributed by atoms with Crippen LogP contribution in [0.1, 0.15) is 54.9 Å². The second-order valence-corrected chi connectivity index (χ2v) is 14.3. The van der Waals surface area contributed by atoms with Gasteiger partial charge in [0, 0.05) is 43.4 Å². The van der Waals surface area contributed by atoms with Crippen molar-refractivity contribution in [2.24, 2.45) is 11.1 Å². The van der Waals surface area contributed by atoms with Gasteiger partial charge in [0.15, 0.2) is 5.78 Å². The van der Waals surface area contributed by atoms with Gasteiger partial charge in [-0.25, -0.2) is 0 Å². The molecule has 1 aliphatic carbocycles. The molecule has 216 valence electrons. The minimum Gasteiger partial charge on any atom is -0.384 e. The third-order valence-electron chi connectivity index (χ3n) is 7.77. The van der Waals surface area contributed by atoms with Crippen LogP contribution in [0.3, 0.4) is 0 Å². The van der Waals surface area contributed by atoms with Crippen LogP contribution in [0.5, 0.6) is 0 Å². The molecule has 1 aliphatic heterocycles. The highest BCUT2D eigenvalue weighted by molar-refractivity contribution is 7.98. The molecule has 42 heavy (non-hydrogen) atoms. The summed E-state index contributed by atoms with van der Waals surface area (Å²) in [6.07, 6.45) is 0.959. The summed E-state index contributed by atoms with van der Waals surface area (Å²) in [7, 11) is 0. The molecule has 0 saturated heterocycles. The number of allylic oxidation sites excluding steroid dienone is 3. The van der Waals surface area contributed by atoms with Crippen molar-refractivity contribution in [3.8, 4) is 6.07 Å². The van der Waals surface area contributed by atoms with Gasteiger partial charge in [-0.1, -0.05) is 77.9 Å². The predicted molar refractivity (Wildman–Crippen MR) is 175 cm³/mol. The highest BCUT2D eigenvalue weighted by Gasteiger charge is 2.45. The van der Waals surface area contributed by atoms with E-state index in [9.17, 15) is 10.1 Å². The minimum atomic E-state index is -0.599. The van der Waals surface area contributed by atoms with Crippen LogP contribution in [0.25, 0.3) is 0 Å². The Morgan fingerprint density at radius 3 is 2.36 bits per heavy atom. The molecule has 1 unspecified atom stereocenters. The third kappa shape index (κ3) is 5.94. The molecule has 2 N–H and O–H groups in total. The lowest BCUT2D eigenvalue weighted by atomic mass is 9.68. The van der Waals surface area contributed by atoms with E-state index in [2.05, 4.69) is 32.0 Å². The molecule has 3 aromatic carbocycles. The van der Waals surface area contributed by atoms with E-state index < -0.39 is 5.92 Å². The monoisotopic (exact) mass is 655 g/mol. The molecule has 1 heterocycles. The number of nitrogens with zero attached hydrogens (tertiary/aromatic N) is 2. The third-order valence-corrected chi connectivity index (χ3v) is 9.99. The fourth-order valence-corrected chi connectivity index (χ4v) is 8.00. The quantitative estimate of drug-likeness (QED) is 0.277. The first-order valence-electron chi connectivity index (χ1n) is 13.4. The van der Waals surface area contributed by atoms with Gasteiger partial charge < -0.3 is 5.73 Å². The number of ketones is 1. The number of Topliss-reactive ketones (excluding diaryl/α,β-unsaturated/α-hetero) is 1. The maximum absolute atomic E-state index is 14.0. The van der Waals surface area contributed by atoms with Crippen molar-refractivity contribution in [2.45, 2.75) is 57.1 Å². The fraction of sp³-hybridized carbons (Fsp3) is 0.273. The van der Waals surface area contributed by atoms with Crippen LogP contribution in [-0.2, 0) is 10.5 Å². The normalized spacial score (nSPS) is 18.3. The zero-order valence-corrected chi connectivity index (χ0v) is 27.5. The predicted octanol–water partition coefficient (Wildman–Crippen LogP) is 10.2. The van der Waals surface area contributed by atoms with Crippen molar-refractivity contribution >= 4 is 69.6 Å². The average Bonchev–Trinajstić information content (AvgIpc) is 2.88. The molecule has 9 heteroatoms. The van der Waals surface area contributed by atoms with Gasteiger partial charge in [0.25, 0.3) is 0 Å². The number of carbonyl (C=O) groups excluding carboxylic acids is 1. The minimum absolute atomic E-state index is 0.00663. The van der Waals surface area contributed by atoms with Crippen LogP contribution < -0.4 is 10.6 Å². The molecule has 0 fully saturated rings. The summed E-state index contributed by atoms with van der Waals surface area (Å²) >= 11 is 27.0. The van der Waals surface area contributed by atoms with Crippen LogP contribution in [0.2, 0.25) is 20.1 Å². The second kappa shape index (κ2) is 11.8. The van der Waals surface area contributed by atoms with Crippen molar-refractivity contribution in [3.63, 3.8) is 0 Å².